The zero-order chi connectivity index (χ0) is 23.2. The first-order valence-electron chi connectivity index (χ1n) is 8.89. The first-order chi connectivity index (χ1) is 14.5. The highest BCUT2D eigenvalue weighted by Gasteiger charge is 2.23. The number of nitrogens with zero attached hydrogens (tertiary/aromatic N) is 2. The van der Waals surface area contributed by atoms with Gasteiger partial charge in [-0.1, -0.05) is 0 Å². The van der Waals surface area contributed by atoms with E-state index in [1.165, 1.54) is 0 Å². The number of halogens is 2. The fourth-order valence-electron chi connectivity index (χ4n) is 2.65. The molecule has 0 bridgehead atoms. The van der Waals surface area contributed by atoms with Gasteiger partial charge in [0.15, 0.2) is 5.69 Å². The summed E-state index contributed by atoms with van der Waals surface area (Å²) in [5.41, 5.74) is -0.0422. The van der Waals surface area contributed by atoms with Crippen LogP contribution in [0.2, 0.25) is 0 Å². The molecule has 0 saturated carbocycles. The van der Waals surface area contributed by atoms with Crippen LogP contribution >= 0.6 is 0 Å². The number of hydrogen-bond acceptors (Lipinski definition) is 8. The van der Waals surface area contributed by atoms with E-state index in [-0.39, 0.29) is 24.1 Å². The fourth-order valence-corrected chi connectivity index (χ4v) is 3.06. The van der Waals surface area contributed by atoms with E-state index in [1.807, 2.05) is 10.8 Å². The summed E-state index contributed by atoms with van der Waals surface area (Å²) in [5, 5.41) is 31.7. The highest BCUT2D eigenvalue weighted by atomic mass is 32.2. The average molecular weight is 458 g/mol. The van der Waals surface area contributed by atoms with Gasteiger partial charge in [0.25, 0.3) is 5.91 Å². The molecule has 1 aromatic heterocycles. The fraction of sp³-hybridized carbons (Fsp3) is 0.389. The number of sulfonamides is 1. The highest BCUT2D eigenvalue weighted by Crippen LogP contribution is 2.18. The molecule has 3 atom stereocenters. The first-order valence-corrected chi connectivity index (χ1v) is 10.8. The van der Waals surface area contributed by atoms with E-state index in [9.17, 15) is 37.5 Å². The summed E-state index contributed by atoms with van der Waals surface area (Å²) in [4.78, 5) is 15.6. The third-order valence-electron chi connectivity index (χ3n) is 4.04. The Balaban J connectivity index is 1.87. The Morgan fingerprint density at radius 1 is 1.26 bits per heavy atom. The smallest absolute Gasteiger partial charge is 0.309 e. The Hall–Kier alpha value is -3.08. The molecule has 168 valence electrons. The van der Waals surface area contributed by atoms with Crippen LogP contribution in [-0.4, -0.2) is 54.5 Å². The number of aliphatic hydroxyl groups is 2. The van der Waals surface area contributed by atoms with Crippen molar-refractivity contribution in [2.24, 2.45) is 5.92 Å². The summed E-state index contributed by atoms with van der Waals surface area (Å²) in [6, 6.07) is 4.32. The maximum atomic E-state index is 13.3. The van der Waals surface area contributed by atoms with Crippen molar-refractivity contribution < 1.29 is 36.6 Å². The summed E-state index contributed by atoms with van der Waals surface area (Å²) in [5.74, 6) is -3.24. The van der Waals surface area contributed by atoms with E-state index in [1.54, 1.807) is 0 Å². The number of anilines is 1. The maximum Gasteiger partial charge on any atom is 0.309 e. The zero-order valence-corrected chi connectivity index (χ0v) is 17.1. The summed E-state index contributed by atoms with van der Waals surface area (Å²) < 4.78 is 55.5. The average Bonchev–Trinajstić information content (AvgIpc) is 3.11. The van der Waals surface area contributed by atoms with E-state index < -0.39 is 58.3 Å². The third-order valence-corrected chi connectivity index (χ3v) is 4.58. The lowest BCUT2D eigenvalue weighted by Gasteiger charge is -2.20. The van der Waals surface area contributed by atoms with Crippen molar-refractivity contribution >= 4 is 21.9 Å². The van der Waals surface area contributed by atoms with Crippen LogP contribution in [-0.2, 0) is 16.4 Å². The molecular weight excluding hydrogens is 438 g/mol. The number of hydrogen-bond donors (Lipinski definition) is 4. The number of carbonyl (C=O) groups is 1. The standard InChI is InChI=1S/C18H20F2N4O6S/c1-31(28,29)24-18-23-14(9-30-18)17(27)22-8-16(26)15(25)5-11(7-21)2-10-3-12(19)6-13(20)4-10/h3-4,6,9,11,15-16,25-26H,2,5,8H2,1H3,(H,22,27)(H,23,24). The molecule has 0 fully saturated rings. The predicted octanol–water partition coefficient (Wildman–Crippen LogP) is 0.548. The number of aromatic nitrogens is 1. The van der Waals surface area contributed by atoms with Gasteiger partial charge in [0.1, 0.15) is 17.9 Å². The first kappa shape index (κ1) is 24.2. The van der Waals surface area contributed by atoms with Gasteiger partial charge in [0.05, 0.1) is 30.5 Å². The second-order valence-corrected chi connectivity index (χ2v) is 8.55. The third kappa shape index (κ3) is 7.93. The Morgan fingerprint density at radius 2 is 1.90 bits per heavy atom. The molecule has 0 aliphatic rings. The number of oxazole rings is 1. The summed E-state index contributed by atoms with van der Waals surface area (Å²) in [7, 11) is -3.65. The number of aliphatic hydroxyl groups excluding tert-OH is 2. The topological polar surface area (TPSA) is 166 Å². The number of rotatable bonds is 10. The van der Waals surface area contributed by atoms with Crippen molar-refractivity contribution in [2.45, 2.75) is 25.0 Å². The Kier molecular flexibility index (Phi) is 8.03. The van der Waals surface area contributed by atoms with E-state index in [0.29, 0.717) is 6.07 Å². The van der Waals surface area contributed by atoms with Gasteiger partial charge in [-0.3, -0.25) is 4.79 Å². The molecule has 0 aliphatic heterocycles. The molecule has 2 rings (SSSR count). The molecule has 3 unspecified atom stereocenters. The second-order valence-electron chi connectivity index (χ2n) is 6.80. The predicted molar refractivity (Wildman–Crippen MR) is 103 cm³/mol. The molecule has 0 radical (unpaired) electrons. The van der Waals surface area contributed by atoms with E-state index in [0.717, 1.165) is 24.7 Å². The quantitative estimate of drug-likeness (QED) is 0.401. The maximum absolute atomic E-state index is 13.3. The van der Waals surface area contributed by atoms with E-state index in [2.05, 4.69) is 10.3 Å². The van der Waals surface area contributed by atoms with Crippen LogP contribution in [0.3, 0.4) is 0 Å². The van der Waals surface area contributed by atoms with Crippen LogP contribution in [0.15, 0.2) is 28.9 Å². The molecule has 2 aromatic rings. The van der Waals surface area contributed by atoms with Gasteiger partial charge in [0.2, 0.25) is 10.0 Å². The molecule has 13 heteroatoms. The number of amides is 1. The second kappa shape index (κ2) is 10.3. The van der Waals surface area contributed by atoms with Gasteiger partial charge < -0.3 is 19.9 Å². The molecule has 10 nitrogen and oxygen atoms in total. The molecule has 1 aromatic carbocycles. The molecule has 0 saturated heterocycles. The van der Waals surface area contributed by atoms with Gasteiger partial charge in [-0.05, 0) is 30.5 Å². The number of nitrogens with one attached hydrogen (secondary N) is 2. The van der Waals surface area contributed by atoms with Crippen molar-refractivity contribution in [1.29, 1.82) is 5.26 Å². The molecule has 0 aliphatic carbocycles. The van der Waals surface area contributed by atoms with Crippen LogP contribution in [0.25, 0.3) is 0 Å². The monoisotopic (exact) mass is 458 g/mol. The number of nitriles is 1. The Morgan fingerprint density at radius 3 is 2.48 bits per heavy atom. The summed E-state index contributed by atoms with van der Waals surface area (Å²) in [6.07, 6.45) is -1.36. The van der Waals surface area contributed by atoms with Crippen LogP contribution in [0.1, 0.15) is 22.5 Å². The Labute approximate surface area is 176 Å². The van der Waals surface area contributed by atoms with Crippen molar-refractivity contribution in [2.75, 3.05) is 17.5 Å². The minimum Gasteiger partial charge on any atom is -0.431 e. The SMILES string of the molecule is CS(=O)(=O)Nc1nc(C(=O)NCC(O)C(O)CC(C#N)Cc2cc(F)cc(F)c2)co1. The minimum absolute atomic E-state index is 0.0453. The van der Waals surface area contributed by atoms with Crippen molar-refractivity contribution in [3.63, 3.8) is 0 Å². The number of benzene rings is 1. The molecule has 31 heavy (non-hydrogen) atoms. The van der Waals surface area contributed by atoms with Gasteiger partial charge in [-0.2, -0.15) is 10.2 Å². The Bertz CT molecular complexity index is 1050. The van der Waals surface area contributed by atoms with Gasteiger partial charge in [0, 0.05) is 12.6 Å². The van der Waals surface area contributed by atoms with Gasteiger partial charge >= 0.3 is 6.01 Å². The lowest BCUT2D eigenvalue weighted by atomic mass is 9.93. The van der Waals surface area contributed by atoms with Crippen LogP contribution in [0.5, 0.6) is 0 Å². The molecule has 4 N–H and O–H groups in total. The van der Waals surface area contributed by atoms with Crippen LogP contribution < -0.4 is 10.0 Å². The van der Waals surface area contributed by atoms with Crippen LogP contribution in [0.4, 0.5) is 14.8 Å². The normalized spacial score (nSPS) is 14.3. The lowest BCUT2D eigenvalue weighted by Crippen LogP contribution is -2.40. The summed E-state index contributed by atoms with van der Waals surface area (Å²) >= 11 is 0. The largest absolute Gasteiger partial charge is 0.431 e. The minimum atomic E-state index is -3.65. The summed E-state index contributed by atoms with van der Waals surface area (Å²) in [6.45, 7) is -0.408. The molecule has 0 spiro atoms. The van der Waals surface area contributed by atoms with Crippen molar-refractivity contribution in [1.82, 2.24) is 10.3 Å². The molecule has 1 heterocycles. The van der Waals surface area contributed by atoms with Gasteiger partial charge in [-0.15, -0.1) is 0 Å². The number of carbonyl (C=O) groups excluding carboxylic acids is 1. The van der Waals surface area contributed by atoms with Crippen molar-refractivity contribution in [3.05, 3.63) is 47.4 Å². The lowest BCUT2D eigenvalue weighted by molar-refractivity contribution is 0.00985. The van der Waals surface area contributed by atoms with Crippen molar-refractivity contribution in [3.8, 4) is 6.07 Å². The molecule has 1 amide bonds. The highest BCUT2D eigenvalue weighted by molar-refractivity contribution is 7.91. The van der Waals surface area contributed by atoms with Gasteiger partial charge in [-0.25, -0.2) is 21.9 Å². The molecular formula is C18H20F2N4O6S. The van der Waals surface area contributed by atoms with E-state index in [4.69, 9.17) is 4.42 Å². The van der Waals surface area contributed by atoms with E-state index >= 15 is 0 Å². The zero-order valence-electron chi connectivity index (χ0n) is 16.2. The van der Waals surface area contributed by atoms with Crippen LogP contribution in [0, 0.1) is 28.9 Å².